The van der Waals surface area contributed by atoms with E-state index in [1.807, 2.05) is 30.3 Å². The van der Waals surface area contributed by atoms with Crippen LogP contribution < -0.4 is 0 Å². The number of carbonyl (C=O) groups excluding carboxylic acids is 1. The molecule has 2 unspecified atom stereocenters. The molecule has 5 nitrogen and oxygen atoms in total. The third-order valence-corrected chi connectivity index (χ3v) is 4.33. The Bertz CT molecular complexity index is 854. The lowest BCUT2D eigenvalue weighted by molar-refractivity contribution is -0.230. The fourth-order valence-electron chi connectivity index (χ4n) is 3.04. The van der Waals surface area contributed by atoms with Gasteiger partial charge >= 0.3 is 12.1 Å². The molecule has 1 aliphatic rings. The van der Waals surface area contributed by atoms with Crippen LogP contribution in [0.3, 0.4) is 0 Å². The second kappa shape index (κ2) is 8.65. The quantitative estimate of drug-likeness (QED) is 0.702. The SMILES string of the molecule is CC(C)OCC1=NC(c2ccccc2)C(c2ccccc2)N1OC(=O)C(F)(F)F. The zero-order chi connectivity index (χ0) is 21.0. The Balaban J connectivity index is 2.03. The lowest BCUT2D eigenvalue weighted by atomic mass is 9.95. The van der Waals surface area contributed by atoms with E-state index >= 15 is 0 Å². The van der Waals surface area contributed by atoms with Gasteiger partial charge in [0.15, 0.2) is 5.84 Å². The molecule has 1 heterocycles. The fourth-order valence-corrected chi connectivity index (χ4v) is 3.04. The van der Waals surface area contributed by atoms with E-state index < -0.39 is 24.2 Å². The van der Waals surface area contributed by atoms with Crippen molar-refractivity contribution in [2.75, 3.05) is 6.61 Å². The van der Waals surface area contributed by atoms with E-state index in [1.165, 1.54) is 0 Å². The molecule has 0 saturated carbocycles. The van der Waals surface area contributed by atoms with E-state index in [1.54, 1.807) is 44.2 Å². The summed E-state index contributed by atoms with van der Waals surface area (Å²) in [6.07, 6.45) is -5.31. The average molecular weight is 406 g/mol. The maximum Gasteiger partial charge on any atom is 0.493 e. The van der Waals surface area contributed by atoms with Crippen molar-refractivity contribution in [1.29, 1.82) is 0 Å². The molecular weight excluding hydrogens is 385 g/mol. The highest BCUT2D eigenvalue weighted by Crippen LogP contribution is 2.42. The smallest absolute Gasteiger partial charge is 0.371 e. The van der Waals surface area contributed by atoms with Crippen LogP contribution in [0.4, 0.5) is 13.2 Å². The zero-order valence-electron chi connectivity index (χ0n) is 16.0. The first-order valence-corrected chi connectivity index (χ1v) is 9.14. The van der Waals surface area contributed by atoms with Crippen LogP contribution >= 0.6 is 0 Å². The summed E-state index contributed by atoms with van der Waals surface area (Å²) < 4.78 is 44.3. The van der Waals surface area contributed by atoms with Gasteiger partial charge in [-0.25, -0.2) is 4.79 Å². The highest BCUT2D eigenvalue weighted by atomic mass is 19.4. The number of aliphatic imine (C=N–C) groups is 1. The molecule has 0 radical (unpaired) electrons. The highest BCUT2D eigenvalue weighted by Gasteiger charge is 2.47. The summed E-state index contributed by atoms with van der Waals surface area (Å²) in [6, 6.07) is 16.7. The van der Waals surface area contributed by atoms with E-state index in [4.69, 9.17) is 9.57 Å². The summed E-state index contributed by atoms with van der Waals surface area (Å²) in [7, 11) is 0. The van der Waals surface area contributed by atoms with Crippen LogP contribution in [0.1, 0.15) is 37.1 Å². The monoisotopic (exact) mass is 406 g/mol. The van der Waals surface area contributed by atoms with E-state index in [2.05, 4.69) is 4.99 Å². The van der Waals surface area contributed by atoms with Crippen molar-refractivity contribution in [1.82, 2.24) is 5.06 Å². The van der Waals surface area contributed by atoms with Gasteiger partial charge in [0.05, 0.1) is 6.10 Å². The van der Waals surface area contributed by atoms with Crippen LogP contribution in [0, 0.1) is 0 Å². The summed E-state index contributed by atoms with van der Waals surface area (Å²) >= 11 is 0. The molecule has 0 bridgehead atoms. The van der Waals surface area contributed by atoms with E-state index in [0.29, 0.717) is 5.56 Å². The maximum absolute atomic E-state index is 12.9. The topological polar surface area (TPSA) is 51.1 Å². The number of alkyl halides is 3. The van der Waals surface area contributed by atoms with Crippen LogP contribution in [0.2, 0.25) is 0 Å². The lowest BCUT2D eigenvalue weighted by Crippen LogP contribution is -2.40. The Morgan fingerprint density at radius 1 is 1.03 bits per heavy atom. The van der Waals surface area contributed by atoms with Crippen molar-refractivity contribution in [2.45, 2.75) is 38.2 Å². The summed E-state index contributed by atoms with van der Waals surface area (Å²) in [5, 5.41) is 0.936. The zero-order valence-corrected chi connectivity index (χ0v) is 16.0. The summed E-state index contributed by atoms with van der Waals surface area (Å²) in [5.74, 6) is -2.18. The first kappa shape index (κ1) is 20.9. The van der Waals surface area contributed by atoms with Gasteiger partial charge in [-0.3, -0.25) is 4.99 Å². The predicted molar refractivity (Wildman–Crippen MR) is 101 cm³/mol. The van der Waals surface area contributed by atoms with Crippen LogP contribution in [-0.2, 0) is 14.4 Å². The molecular formula is C21H21F3N2O3. The molecule has 0 amide bonds. The lowest BCUT2D eigenvalue weighted by Gasteiger charge is -2.29. The minimum Gasteiger partial charge on any atom is -0.371 e. The summed E-state index contributed by atoms with van der Waals surface area (Å²) in [6.45, 7) is 3.51. The summed E-state index contributed by atoms with van der Waals surface area (Å²) in [4.78, 5) is 21.0. The highest BCUT2D eigenvalue weighted by molar-refractivity contribution is 5.87. The number of hydrogen-bond acceptors (Lipinski definition) is 5. The third-order valence-electron chi connectivity index (χ3n) is 4.33. The molecule has 2 aromatic carbocycles. The minimum atomic E-state index is -5.13. The van der Waals surface area contributed by atoms with Gasteiger partial charge in [-0.1, -0.05) is 60.7 Å². The molecule has 3 rings (SSSR count). The Hall–Kier alpha value is -2.87. The van der Waals surface area contributed by atoms with E-state index in [9.17, 15) is 18.0 Å². The van der Waals surface area contributed by atoms with Crippen molar-refractivity contribution in [3.63, 3.8) is 0 Å². The van der Waals surface area contributed by atoms with Crippen molar-refractivity contribution in [3.8, 4) is 0 Å². The molecule has 0 aromatic heterocycles. The van der Waals surface area contributed by atoms with Gasteiger partial charge in [-0.15, -0.1) is 0 Å². The van der Waals surface area contributed by atoms with Gasteiger partial charge in [0, 0.05) is 0 Å². The molecule has 29 heavy (non-hydrogen) atoms. The number of ether oxygens (including phenoxy) is 1. The third kappa shape index (κ3) is 4.95. The molecule has 2 atom stereocenters. The first-order valence-electron chi connectivity index (χ1n) is 9.14. The fraction of sp³-hybridized carbons (Fsp3) is 0.333. The van der Waals surface area contributed by atoms with Gasteiger partial charge in [0.2, 0.25) is 0 Å². The number of amidine groups is 1. The molecule has 0 saturated heterocycles. The minimum absolute atomic E-state index is 0.0878. The van der Waals surface area contributed by atoms with Crippen molar-refractivity contribution >= 4 is 11.8 Å². The summed E-state index contributed by atoms with van der Waals surface area (Å²) in [5.41, 5.74) is 1.45. The maximum atomic E-state index is 12.9. The Morgan fingerprint density at radius 3 is 2.10 bits per heavy atom. The molecule has 154 valence electrons. The van der Waals surface area contributed by atoms with Crippen molar-refractivity contribution in [3.05, 3.63) is 71.8 Å². The number of rotatable bonds is 6. The van der Waals surface area contributed by atoms with Crippen molar-refractivity contribution in [2.24, 2.45) is 4.99 Å². The molecule has 1 aliphatic heterocycles. The number of hydrogen-bond donors (Lipinski definition) is 0. The predicted octanol–water partition coefficient (Wildman–Crippen LogP) is 4.63. The molecule has 0 aliphatic carbocycles. The van der Waals surface area contributed by atoms with Gasteiger partial charge in [-0.05, 0) is 25.0 Å². The largest absolute Gasteiger partial charge is 0.493 e. The normalized spacial score (nSPS) is 19.4. The first-order chi connectivity index (χ1) is 13.8. The number of halogens is 3. The van der Waals surface area contributed by atoms with Gasteiger partial charge in [0.1, 0.15) is 18.7 Å². The van der Waals surface area contributed by atoms with Crippen molar-refractivity contribution < 1.29 is 27.5 Å². The van der Waals surface area contributed by atoms with E-state index in [-0.39, 0.29) is 18.5 Å². The number of hydroxylamine groups is 2. The van der Waals surface area contributed by atoms with Crippen LogP contribution in [-0.4, -0.2) is 35.8 Å². The molecule has 0 spiro atoms. The second-order valence-corrected chi connectivity index (χ2v) is 6.82. The van der Waals surface area contributed by atoms with Crippen LogP contribution in [0.5, 0.6) is 0 Å². The molecule has 8 heteroatoms. The van der Waals surface area contributed by atoms with Gasteiger partial charge in [0.25, 0.3) is 0 Å². The molecule has 2 aromatic rings. The van der Waals surface area contributed by atoms with Crippen LogP contribution in [0.15, 0.2) is 65.7 Å². The van der Waals surface area contributed by atoms with E-state index in [0.717, 1.165) is 10.6 Å². The van der Waals surface area contributed by atoms with Gasteiger partial charge in [-0.2, -0.15) is 18.2 Å². The molecule has 0 fully saturated rings. The van der Waals surface area contributed by atoms with Crippen LogP contribution in [0.25, 0.3) is 0 Å². The number of nitrogens with zero attached hydrogens (tertiary/aromatic N) is 2. The Morgan fingerprint density at radius 2 is 1.59 bits per heavy atom. The van der Waals surface area contributed by atoms with Gasteiger partial charge < -0.3 is 9.57 Å². The second-order valence-electron chi connectivity index (χ2n) is 6.82. The average Bonchev–Trinajstić information content (AvgIpc) is 3.05. The Labute approximate surface area is 166 Å². The Kier molecular flexibility index (Phi) is 6.22. The number of benzene rings is 2. The standard InChI is InChI=1S/C21H21F3N2O3/c1-14(2)28-13-17-25-18(15-9-5-3-6-10-15)19(16-11-7-4-8-12-16)26(17)29-20(27)21(22,23)24/h3-12,14,18-19H,13H2,1-2H3. The number of carbonyl (C=O) groups is 1. The molecule has 0 N–H and O–H groups in total.